The summed E-state index contributed by atoms with van der Waals surface area (Å²) < 4.78 is 30.9. The minimum Gasteiger partial charge on any atom is -0.204 e. The van der Waals surface area contributed by atoms with Crippen LogP contribution in [0.15, 0.2) is 43.5 Å². The summed E-state index contributed by atoms with van der Waals surface area (Å²) in [5.41, 5.74) is 0.657. The van der Waals surface area contributed by atoms with Gasteiger partial charge < -0.3 is 0 Å². The Bertz CT molecular complexity index is 765. The summed E-state index contributed by atoms with van der Waals surface area (Å²) >= 11 is 0. The van der Waals surface area contributed by atoms with Gasteiger partial charge in [-0.3, -0.25) is 0 Å². The number of hydrogen-bond acceptors (Lipinski definition) is 4. The van der Waals surface area contributed by atoms with E-state index >= 15 is 0 Å². The van der Waals surface area contributed by atoms with E-state index in [1.807, 2.05) is 13.0 Å². The number of aliphatic imine (C=N–C) groups is 1. The van der Waals surface area contributed by atoms with Crippen LogP contribution in [0.25, 0.3) is 0 Å². The number of rotatable bonds is 3. The lowest BCUT2D eigenvalue weighted by Crippen LogP contribution is -2.08. The van der Waals surface area contributed by atoms with Gasteiger partial charge in [0.05, 0.1) is 6.26 Å². The van der Waals surface area contributed by atoms with E-state index in [0.717, 1.165) is 6.26 Å². The zero-order valence-corrected chi connectivity index (χ0v) is 13.1. The van der Waals surface area contributed by atoms with Gasteiger partial charge in [0.2, 0.25) is 6.19 Å². The molecule has 0 fully saturated rings. The minimum absolute atomic E-state index is 0.208. The van der Waals surface area contributed by atoms with Gasteiger partial charge in [-0.15, -0.1) is 3.77 Å². The standard InChI is InChI=1S/C12H16N4O2S2/c1-4-19(2,16-20(3,17)18)15-12(14-10-13)11-8-6-5-7-9-11/h5-9H,4H2,1-3H3. The fourth-order valence-electron chi connectivity index (χ4n) is 1.38. The molecule has 8 heteroatoms. The van der Waals surface area contributed by atoms with E-state index in [0.29, 0.717) is 11.3 Å². The van der Waals surface area contributed by atoms with Crippen LogP contribution in [0.4, 0.5) is 0 Å². The molecule has 0 aliphatic heterocycles. The molecule has 0 saturated heterocycles. The Morgan fingerprint density at radius 1 is 1.25 bits per heavy atom. The van der Waals surface area contributed by atoms with E-state index in [1.165, 1.54) is 0 Å². The van der Waals surface area contributed by atoms with Crippen molar-refractivity contribution in [2.24, 2.45) is 13.1 Å². The van der Waals surface area contributed by atoms with Gasteiger partial charge in [-0.2, -0.15) is 14.6 Å². The Hall–Kier alpha value is -1.72. The highest BCUT2D eigenvalue weighted by Crippen LogP contribution is 2.09. The molecule has 20 heavy (non-hydrogen) atoms. The van der Waals surface area contributed by atoms with Gasteiger partial charge in [0, 0.05) is 17.6 Å². The third-order valence-electron chi connectivity index (χ3n) is 2.31. The molecule has 1 aromatic rings. The van der Waals surface area contributed by atoms with Gasteiger partial charge in [-0.1, -0.05) is 37.3 Å². The van der Waals surface area contributed by atoms with Gasteiger partial charge >= 0.3 is 0 Å². The zero-order valence-electron chi connectivity index (χ0n) is 11.5. The second kappa shape index (κ2) is 6.63. The van der Waals surface area contributed by atoms with Crippen LogP contribution in [-0.4, -0.2) is 32.5 Å². The Morgan fingerprint density at radius 2 is 1.85 bits per heavy atom. The van der Waals surface area contributed by atoms with Crippen molar-refractivity contribution in [1.29, 1.82) is 5.26 Å². The number of nitriles is 1. The number of benzene rings is 1. The van der Waals surface area contributed by atoms with Gasteiger partial charge in [0.15, 0.2) is 5.84 Å². The van der Waals surface area contributed by atoms with Crippen LogP contribution in [0.3, 0.4) is 0 Å². The fourth-order valence-corrected chi connectivity index (χ4v) is 4.92. The van der Waals surface area contributed by atoms with Crippen molar-refractivity contribution in [3.63, 3.8) is 0 Å². The summed E-state index contributed by atoms with van der Waals surface area (Å²) in [5.74, 6) is 0.664. The lowest BCUT2D eigenvalue weighted by atomic mass is 10.2. The Balaban J connectivity index is 3.54. The first-order valence-corrected chi connectivity index (χ1v) is 9.72. The van der Waals surface area contributed by atoms with Crippen molar-refractivity contribution < 1.29 is 8.42 Å². The predicted octanol–water partition coefficient (Wildman–Crippen LogP) is 2.04. The van der Waals surface area contributed by atoms with Crippen LogP contribution in [0.5, 0.6) is 0 Å². The molecular weight excluding hydrogens is 296 g/mol. The first-order valence-electron chi connectivity index (χ1n) is 5.75. The van der Waals surface area contributed by atoms with Gasteiger partial charge in [0.1, 0.15) is 0 Å². The van der Waals surface area contributed by atoms with Gasteiger partial charge in [-0.05, 0) is 9.62 Å². The van der Waals surface area contributed by atoms with Crippen LogP contribution in [0.1, 0.15) is 12.5 Å². The summed E-state index contributed by atoms with van der Waals surface area (Å²) in [6, 6.07) is 8.94. The van der Waals surface area contributed by atoms with Gasteiger partial charge in [-0.25, -0.2) is 8.42 Å². The van der Waals surface area contributed by atoms with Crippen LogP contribution in [-0.2, 0) is 19.6 Å². The molecule has 1 rings (SSSR count). The van der Waals surface area contributed by atoms with Crippen LogP contribution >= 0.6 is 0 Å². The molecule has 0 saturated carbocycles. The van der Waals surface area contributed by atoms with E-state index in [2.05, 4.69) is 13.1 Å². The van der Waals surface area contributed by atoms with Crippen molar-refractivity contribution >= 4 is 25.5 Å². The lowest BCUT2D eigenvalue weighted by molar-refractivity contribution is 0.604. The molecule has 6 nitrogen and oxygen atoms in total. The largest absolute Gasteiger partial charge is 0.256 e. The molecule has 0 spiro atoms. The summed E-state index contributed by atoms with van der Waals surface area (Å²) in [4.78, 5) is 3.68. The second-order valence-corrected chi connectivity index (χ2v) is 8.89. The summed E-state index contributed by atoms with van der Waals surface area (Å²) in [7, 11) is -5.63. The molecule has 0 aliphatic rings. The zero-order chi connectivity index (χ0) is 15.2. The highest BCUT2D eigenvalue weighted by atomic mass is 32.3. The molecular formula is C12H16N4O2S2. The molecule has 108 valence electrons. The van der Waals surface area contributed by atoms with E-state index < -0.39 is 19.6 Å². The highest BCUT2D eigenvalue weighted by Gasteiger charge is 2.08. The Morgan fingerprint density at radius 3 is 2.30 bits per heavy atom. The van der Waals surface area contributed by atoms with E-state index in [1.54, 1.807) is 36.7 Å². The molecule has 0 aliphatic carbocycles. The first kappa shape index (κ1) is 16.3. The monoisotopic (exact) mass is 312 g/mol. The number of sulfonamides is 1. The van der Waals surface area contributed by atoms with Gasteiger partial charge in [0.25, 0.3) is 10.0 Å². The van der Waals surface area contributed by atoms with Crippen molar-refractivity contribution in [3.05, 3.63) is 35.9 Å². The first-order chi connectivity index (χ1) is 9.29. The normalized spacial score (nSPS) is 15.0. The maximum Gasteiger partial charge on any atom is 0.256 e. The average molecular weight is 312 g/mol. The molecule has 1 aromatic carbocycles. The smallest absolute Gasteiger partial charge is 0.204 e. The predicted molar refractivity (Wildman–Crippen MR) is 82.1 cm³/mol. The van der Waals surface area contributed by atoms with Crippen LogP contribution < -0.4 is 0 Å². The number of amidine groups is 1. The molecule has 0 amide bonds. The second-order valence-electron chi connectivity index (χ2n) is 4.08. The van der Waals surface area contributed by atoms with Crippen LogP contribution in [0.2, 0.25) is 0 Å². The Kier molecular flexibility index (Phi) is 5.42. The molecule has 0 bridgehead atoms. The van der Waals surface area contributed by atoms with E-state index in [-0.39, 0.29) is 5.84 Å². The highest BCUT2D eigenvalue weighted by molar-refractivity contribution is 8.04. The summed E-state index contributed by atoms with van der Waals surface area (Å²) in [6.45, 7) is 1.81. The fraction of sp³-hybridized carbons (Fsp3) is 0.333. The average Bonchev–Trinajstić information content (AvgIpc) is 2.37. The third-order valence-corrected chi connectivity index (χ3v) is 6.34. The maximum absolute atomic E-state index is 11.4. The summed E-state index contributed by atoms with van der Waals surface area (Å²) in [6.07, 6.45) is 4.40. The Labute approximate surface area is 120 Å². The minimum atomic E-state index is -3.51. The lowest BCUT2D eigenvalue weighted by Gasteiger charge is -2.08. The molecule has 1 atom stereocenters. The van der Waals surface area contributed by atoms with Crippen molar-refractivity contribution in [2.75, 3.05) is 18.3 Å². The SMILES string of the molecule is CCS(C)(=NC(=NC#N)c1ccccc1)=NS(C)(=O)=O. The molecule has 0 heterocycles. The van der Waals surface area contributed by atoms with Crippen LogP contribution in [0, 0.1) is 11.5 Å². The van der Waals surface area contributed by atoms with Crippen molar-refractivity contribution in [1.82, 2.24) is 0 Å². The number of hydrogen-bond donors (Lipinski definition) is 0. The van der Waals surface area contributed by atoms with E-state index in [4.69, 9.17) is 5.26 Å². The van der Waals surface area contributed by atoms with Crippen molar-refractivity contribution in [3.8, 4) is 6.19 Å². The van der Waals surface area contributed by atoms with Crippen molar-refractivity contribution in [2.45, 2.75) is 6.92 Å². The number of nitrogens with zero attached hydrogens (tertiary/aromatic N) is 4. The molecule has 0 N–H and O–H groups in total. The quantitative estimate of drug-likeness (QED) is 0.485. The maximum atomic E-state index is 11.4. The van der Waals surface area contributed by atoms with E-state index in [9.17, 15) is 8.42 Å². The molecule has 1 unspecified atom stereocenters. The summed E-state index contributed by atoms with van der Waals surface area (Å²) in [5, 5.41) is 8.76. The molecule has 0 radical (unpaired) electrons. The topological polar surface area (TPSA) is 95.0 Å². The molecule has 0 aromatic heterocycles. The third kappa shape index (κ3) is 5.11.